The summed E-state index contributed by atoms with van der Waals surface area (Å²) in [6.07, 6.45) is 0. The van der Waals surface area contributed by atoms with Crippen molar-refractivity contribution in [3.05, 3.63) is 29.3 Å². The van der Waals surface area contributed by atoms with Crippen molar-refractivity contribution >= 4 is 13.7 Å². The fourth-order valence-corrected chi connectivity index (χ4v) is 0.774. The Balaban J connectivity index is 0.000000461. The number of aryl methyl sites for hydroxylation is 1. The van der Waals surface area contributed by atoms with Gasteiger partial charge >= 0.3 is 0 Å². The highest BCUT2D eigenvalue weighted by Crippen LogP contribution is 2.13. The molecule has 0 unspecified atom stereocenters. The monoisotopic (exact) mass is 149 g/mol. The minimum Gasteiger partial charge on any atom is -0.461 e. The molecule has 0 bridgehead atoms. The summed E-state index contributed by atoms with van der Waals surface area (Å²) >= 11 is 0. The van der Waals surface area contributed by atoms with Crippen LogP contribution in [-0.4, -0.2) is 13.1 Å². The minimum absolute atomic E-state index is 0.884. The van der Waals surface area contributed by atoms with Gasteiger partial charge in [-0.15, -0.1) is 0 Å². The highest BCUT2D eigenvalue weighted by molar-refractivity contribution is 5.95. The molecule has 11 heavy (non-hydrogen) atoms. The van der Waals surface area contributed by atoms with Crippen LogP contribution in [0.15, 0.2) is 18.2 Å². The molecule has 0 aliphatic heterocycles. The first-order chi connectivity index (χ1) is 5.22. The summed E-state index contributed by atoms with van der Waals surface area (Å²) in [6, 6.07) is 5.95. The molecule has 1 aromatic carbocycles. The molecule has 2 radical (unpaired) electrons. The molecule has 2 nitrogen and oxygen atoms in total. The summed E-state index contributed by atoms with van der Waals surface area (Å²) in [5.74, 6) is 0. The molecular formula is C8H12BNO. The lowest BCUT2D eigenvalue weighted by molar-refractivity contribution is 0.629. The number of anilines is 1. The van der Waals surface area contributed by atoms with E-state index in [-0.39, 0.29) is 0 Å². The second kappa shape index (κ2) is 4.80. The van der Waals surface area contributed by atoms with Crippen molar-refractivity contribution in [3.8, 4) is 0 Å². The summed E-state index contributed by atoms with van der Waals surface area (Å²) in [4.78, 5) is 0. The molecule has 0 amide bonds. The van der Waals surface area contributed by atoms with Crippen molar-refractivity contribution in [3.63, 3.8) is 0 Å². The Morgan fingerprint density at radius 1 is 1.27 bits per heavy atom. The van der Waals surface area contributed by atoms with E-state index in [1.165, 1.54) is 11.1 Å². The fraction of sp³-hybridized carbons (Fsp3) is 0.250. The first kappa shape index (κ1) is 10.0. The number of hydrogen-bond acceptors (Lipinski definition) is 2. The quantitative estimate of drug-likeness (QED) is 0.426. The zero-order valence-corrected chi connectivity index (χ0v) is 6.83. The van der Waals surface area contributed by atoms with Crippen LogP contribution in [0.5, 0.6) is 0 Å². The van der Waals surface area contributed by atoms with Crippen molar-refractivity contribution in [2.45, 2.75) is 13.8 Å². The summed E-state index contributed by atoms with van der Waals surface area (Å²) in [7, 11) is 3.50. The van der Waals surface area contributed by atoms with E-state index < -0.39 is 0 Å². The van der Waals surface area contributed by atoms with Crippen molar-refractivity contribution in [2.75, 3.05) is 5.73 Å². The molecule has 0 aliphatic carbocycles. The van der Waals surface area contributed by atoms with Crippen LogP contribution in [0, 0.1) is 13.8 Å². The van der Waals surface area contributed by atoms with Gasteiger partial charge in [-0.1, -0.05) is 12.1 Å². The molecule has 3 N–H and O–H groups in total. The van der Waals surface area contributed by atoms with Gasteiger partial charge in [0.2, 0.25) is 0 Å². The molecule has 0 aromatic heterocycles. The van der Waals surface area contributed by atoms with E-state index in [0.717, 1.165) is 5.69 Å². The molecule has 0 saturated carbocycles. The molecule has 0 saturated heterocycles. The highest BCUT2D eigenvalue weighted by Gasteiger charge is 1.92. The van der Waals surface area contributed by atoms with Gasteiger partial charge in [-0.3, -0.25) is 0 Å². The zero-order valence-electron chi connectivity index (χ0n) is 6.83. The molecule has 0 heterocycles. The second-order valence-corrected chi connectivity index (χ2v) is 2.29. The van der Waals surface area contributed by atoms with E-state index in [0.29, 0.717) is 0 Å². The van der Waals surface area contributed by atoms with Gasteiger partial charge in [0.15, 0.2) is 0 Å². The Kier molecular flexibility index (Phi) is 4.38. The van der Waals surface area contributed by atoms with Crippen LogP contribution in [0.1, 0.15) is 11.1 Å². The van der Waals surface area contributed by atoms with Gasteiger partial charge in [0.05, 0.1) is 0 Å². The van der Waals surface area contributed by atoms with Gasteiger partial charge < -0.3 is 10.8 Å². The molecular weight excluding hydrogens is 137 g/mol. The third kappa shape index (κ3) is 2.64. The van der Waals surface area contributed by atoms with Gasteiger partial charge in [-0.25, -0.2) is 0 Å². The zero-order chi connectivity index (χ0) is 8.85. The minimum atomic E-state index is 0.884. The topological polar surface area (TPSA) is 46.2 Å². The first-order valence-corrected chi connectivity index (χ1v) is 3.29. The lowest BCUT2D eigenvalue weighted by atomic mass is 10.1. The van der Waals surface area contributed by atoms with E-state index in [1.807, 2.05) is 19.1 Å². The summed E-state index contributed by atoms with van der Waals surface area (Å²) in [6.45, 7) is 4.09. The van der Waals surface area contributed by atoms with Crippen molar-refractivity contribution in [2.24, 2.45) is 0 Å². The largest absolute Gasteiger partial charge is 0.461 e. The lowest BCUT2D eigenvalue weighted by Gasteiger charge is -2.00. The summed E-state index contributed by atoms with van der Waals surface area (Å²) in [5.41, 5.74) is 8.96. The van der Waals surface area contributed by atoms with Crippen molar-refractivity contribution in [1.29, 1.82) is 0 Å². The third-order valence-electron chi connectivity index (χ3n) is 1.65. The van der Waals surface area contributed by atoms with E-state index in [2.05, 4.69) is 21.0 Å². The number of rotatable bonds is 0. The van der Waals surface area contributed by atoms with E-state index >= 15 is 0 Å². The van der Waals surface area contributed by atoms with Crippen LogP contribution in [0.3, 0.4) is 0 Å². The van der Waals surface area contributed by atoms with Gasteiger partial charge in [0.25, 0.3) is 8.05 Å². The summed E-state index contributed by atoms with van der Waals surface area (Å²) in [5, 5.41) is 6.50. The average Bonchev–Trinajstić information content (AvgIpc) is 2.04. The smallest absolute Gasteiger partial charge is 0.277 e. The van der Waals surface area contributed by atoms with Gasteiger partial charge in [0, 0.05) is 5.69 Å². The molecule has 1 rings (SSSR count). The molecule has 0 fully saturated rings. The van der Waals surface area contributed by atoms with Crippen LogP contribution in [0.2, 0.25) is 0 Å². The molecule has 0 spiro atoms. The van der Waals surface area contributed by atoms with Crippen LogP contribution in [-0.2, 0) is 0 Å². The molecule has 58 valence electrons. The van der Waals surface area contributed by atoms with E-state index in [9.17, 15) is 0 Å². The van der Waals surface area contributed by atoms with E-state index in [4.69, 9.17) is 10.8 Å². The molecule has 3 heteroatoms. The number of hydrogen-bond donors (Lipinski definition) is 2. The maximum atomic E-state index is 6.50. The standard InChI is InChI=1S/C8H11N.BHO/c1-6-4-3-5-8(9)7(6)2;1-2/h3-5H,9H2,1-2H3;2H. The van der Waals surface area contributed by atoms with Gasteiger partial charge in [-0.05, 0) is 31.0 Å². The number of nitrogen functional groups attached to an aromatic ring is 1. The molecule has 0 aliphatic rings. The Morgan fingerprint density at radius 3 is 2.18 bits per heavy atom. The van der Waals surface area contributed by atoms with Crippen molar-refractivity contribution in [1.82, 2.24) is 0 Å². The fourth-order valence-electron chi connectivity index (χ4n) is 0.774. The van der Waals surface area contributed by atoms with Crippen LogP contribution in [0.25, 0.3) is 0 Å². The summed E-state index contributed by atoms with van der Waals surface area (Å²) < 4.78 is 0. The molecule has 1 aromatic rings. The maximum Gasteiger partial charge on any atom is 0.277 e. The lowest BCUT2D eigenvalue weighted by Crippen LogP contribution is -1.90. The predicted molar refractivity (Wildman–Crippen MR) is 48.3 cm³/mol. The van der Waals surface area contributed by atoms with E-state index in [1.54, 1.807) is 0 Å². The number of benzene rings is 1. The van der Waals surface area contributed by atoms with Crippen LogP contribution >= 0.6 is 0 Å². The third-order valence-corrected chi connectivity index (χ3v) is 1.65. The second-order valence-electron chi connectivity index (χ2n) is 2.29. The normalized spacial score (nSPS) is 8.27. The number of nitrogens with two attached hydrogens (primary N) is 1. The Bertz CT molecular complexity index is 205. The van der Waals surface area contributed by atoms with Crippen LogP contribution < -0.4 is 5.73 Å². The highest BCUT2D eigenvalue weighted by atomic mass is 16.2. The Hall–Kier alpha value is -0.955. The first-order valence-electron chi connectivity index (χ1n) is 3.29. The maximum absolute atomic E-state index is 6.50. The SMILES string of the molecule is Cc1cccc(N)c1C.[B]O. The Labute approximate surface area is 68.5 Å². The average molecular weight is 149 g/mol. The Morgan fingerprint density at radius 2 is 1.82 bits per heavy atom. The molecule has 0 atom stereocenters. The van der Waals surface area contributed by atoms with Crippen LogP contribution in [0.4, 0.5) is 5.69 Å². The van der Waals surface area contributed by atoms with Gasteiger partial charge in [-0.2, -0.15) is 0 Å². The van der Waals surface area contributed by atoms with Crippen molar-refractivity contribution < 1.29 is 5.02 Å². The predicted octanol–water partition coefficient (Wildman–Crippen LogP) is 0.948. The van der Waals surface area contributed by atoms with Gasteiger partial charge in [0.1, 0.15) is 0 Å².